The Morgan fingerprint density at radius 3 is 2.52 bits per heavy atom. The first kappa shape index (κ1) is 19.7. The number of nitrogens with zero attached hydrogens (tertiary/aromatic N) is 4. The van der Waals surface area contributed by atoms with Crippen molar-refractivity contribution in [3.05, 3.63) is 58.7 Å². The van der Waals surface area contributed by atoms with Crippen LogP contribution in [0.5, 0.6) is 5.75 Å². The van der Waals surface area contributed by atoms with Crippen LogP contribution in [0.1, 0.15) is 6.92 Å². The Morgan fingerprint density at radius 1 is 1.07 bits per heavy atom. The lowest BCUT2D eigenvalue weighted by Gasteiger charge is -2.36. The Kier molecular flexibility index (Phi) is 5.74. The number of amides is 1. The topological polar surface area (TPSA) is 58.6 Å². The van der Waals surface area contributed by atoms with Gasteiger partial charge in [0.25, 0.3) is 5.91 Å². The molecule has 0 spiro atoms. The zero-order valence-electron chi connectivity index (χ0n) is 15.9. The van der Waals surface area contributed by atoms with Gasteiger partial charge in [0, 0.05) is 31.2 Å². The van der Waals surface area contributed by atoms with Gasteiger partial charge in [0.2, 0.25) is 0 Å². The van der Waals surface area contributed by atoms with Gasteiger partial charge in [-0.25, -0.2) is 4.98 Å². The molecule has 1 fully saturated rings. The van der Waals surface area contributed by atoms with Gasteiger partial charge in [-0.15, -0.1) is 0 Å². The first-order valence-corrected chi connectivity index (χ1v) is 10.1. The molecule has 1 aromatic heterocycles. The van der Waals surface area contributed by atoms with Gasteiger partial charge in [-0.2, -0.15) is 0 Å². The zero-order valence-corrected chi connectivity index (χ0v) is 17.4. The second-order valence-electron chi connectivity index (χ2n) is 6.86. The highest BCUT2D eigenvalue weighted by atomic mass is 35.5. The molecule has 29 heavy (non-hydrogen) atoms. The second kappa shape index (κ2) is 8.43. The molecule has 0 bridgehead atoms. The molecule has 1 unspecified atom stereocenters. The first-order valence-electron chi connectivity index (χ1n) is 9.38. The average Bonchev–Trinajstić information content (AvgIpc) is 2.75. The standard InChI is InChI=1S/C21H20Cl2N4O2/c1-14(29-19-7-6-15(22)12-16(19)23)21(28)27-10-8-26(9-11-27)20-13-24-17-4-2-3-5-18(17)25-20/h2-7,12-14H,8-11H2,1H3. The summed E-state index contributed by atoms with van der Waals surface area (Å²) in [7, 11) is 0. The predicted molar refractivity (Wildman–Crippen MR) is 115 cm³/mol. The highest BCUT2D eigenvalue weighted by Crippen LogP contribution is 2.28. The Hall–Kier alpha value is -2.57. The molecule has 6 nitrogen and oxygen atoms in total. The van der Waals surface area contributed by atoms with Crippen molar-refractivity contribution in [1.82, 2.24) is 14.9 Å². The predicted octanol–water partition coefficient (Wildman–Crippen LogP) is 4.05. The van der Waals surface area contributed by atoms with Crippen molar-refractivity contribution in [3.8, 4) is 5.75 Å². The Morgan fingerprint density at radius 2 is 1.79 bits per heavy atom. The van der Waals surface area contributed by atoms with E-state index in [1.807, 2.05) is 24.3 Å². The lowest BCUT2D eigenvalue weighted by Crippen LogP contribution is -2.52. The number of hydrogen-bond donors (Lipinski definition) is 0. The molecular formula is C21H20Cl2N4O2. The largest absolute Gasteiger partial charge is 0.479 e. The van der Waals surface area contributed by atoms with Gasteiger partial charge in [0.05, 0.1) is 22.3 Å². The van der Waals surface area contributed by atoms with Crippen LogP contribution in [-0.2, 0) is 4.79 Å². The number of para-hydroxylation sites is 2. The molecule has 1 aliphatic heterocycles. The van der Waals surface area contributed by atoms with Crippen molar-refractivity contribution in [3.63, 3.8) is 0 Å². The lowest BCUT2D eigenvalue weighted by atomic mass is 10.2. The van der Waals surface area contributed by atoms with Crippen LogP contribution < -0.4 is 9.64 Å². The molecule has 1 saturated heterocycles. The SMILES string of the molecule is CC(Oc1ccc(Cl)cc1Cl)C(=O)N1CCN(c2cnc3ccccc3n2)CC1. The molecule has 4 rings (SSSR count). The molecule has 0 saturated carbocycles. The van der Waals surface area contributed by atoms with Gasteiger partial charge < -0.3 is 14.5 Å². The third-order valence-electron chi connectivity index (χ3n) is 4.90. The van der Waals surface area contributed by atoms with Crippen LogP contribution in [0, 0.1) is 0 Å². The van der Waals surface area contributed by atoms with Crippen LogP contribution in [0.25, 0.3) is 11.0 Å². The number of ether oxygens (including phenoxy) is 1. The zero-order chi connectivity index (χ0) is 20.4. The summed E-state index contributed by atoms with van der Waals surface area (Å²) in [5.41, 5.74) is 1.74. The van der Waals surface area contributed by atoms with Crippen molar-refractivity contribution in [1.29, 1.82) is 0 Å². The quantitative estimate of drug-likeness (QED) is 0.624. The molecule has 0 aliphatic carbocycles. The van der Waals surface area contributed by atoms with Crippen LogP contribution >= 0.6 is 23.2 Å². The molecule has 2 heterocycles. The van der Waals surface area contributed by atoms with E-state index in [1.165, 1.54) is 0 Å². The van der Waals surface area contributed by atoms with Crippen molar-refractivity contribution >= 4 is 46.0 Å². The van der Waals surface area contributed by atoms with Gasteiger partial charge in [0.1, 0.15) is 11.6 Å². The fourth-order valence-electron chi connectivity index (χ4n) is 3.32. The summed E-state index contributed by atoms with van der Waals surface area (Å²) in [6.45, 7) is 4.29. The third-order valence-corrected chi connectivity index (χ3v) is 5.43. The van der Waals surface area contributed by atoms with E-state index in [0.29, 0.717) is 42.0 Å². The van der Waals surface area contributed by atoms with E-state index < -0.39 is 6.10 Å². The monoisotopic (exact) mass is 430 g/mol. The summed E-state index contributed by atoms with van der Waals surface area (Å²) in [5.74, 6) is 1.20. The summed E-state index contributed by atoms with van der Waals surface area (Å²) in [6, 6.07) is 12.7. The maximum absolute atomic E-state index is 12.8. The maximum Gasteiger partial charge on any atom is 0.263 e. The Bertz CT molecular complexity index is 1040. The number of hydrogen-bond acceptors (Lipinski definition) is 5. The summed E-state index contributed by atoms with van der Waals surface area (Å²) in [4.78, 5) is 25.9. The van der Waals surface area contributed by atoms with Gasteiger partial charge in [-0.3, -0.25) is 9.78 Å². The van der Waals surface area contributed by atoms with E-state index in [-0.39, 0.29) is 5.91 Å². The molecule has 2 aromatic carbocycles. The molecule has 150 valence electrons. The van der Waals surface area contributed by atoms with Gasteiger partial charge >= 0.3 is 0 Å². The van der Waals surface area contributed by atoms with E-state index in [0.717, 1.165) is 16.9 Å². The maximum atomic E-state index is 12.8. The summed E-state index contributed by atoms with van der Waals surface area (Å²) < 4.78 is 5.76. The highest BCUT2D eigenvalue weighted by molar-refractivity contribution is 6.35. The number of fused-ring (bicyclic) bond motifs is 1. The molecule has 3 aromatic rings. The summed E-state index contributed by atoms with van der Waals surface area (Å²) in [5, 5.41) is 0.908. The number of rotatable bonds is 4. The number of halogens is 2. The Labute approximate surface area is 179 Å². The normalized spacial score (nSPS) is 15.4. The molecule has 1 atom stereocenters. The summed E-state index contributed by atoms with van der Waals surface area (Å²) >= 11 is 12.0. The number of carbonyl (C=O) groups is 1. The molecule has 1 aliphatic rings. The summed E-state index contributed by atoms with van der Waals surface area (Å²) in [6.07, 6.45) is 1.15. The van der Waals surface area contributed by atoms with Crippen molar-refractivity contribution < 1.29 is 9.53 Å². The van der Waals surface area contributed by atoms with E-state index in [1.54, 1.807) is 36.2 Å². The number of benzene rings is 2. The van der Waals surface area contributed by atoms with E-state index in [9.17, 15) is 4.79 Å². The minimum Gasteiger partial charge on any atom is -0.479 e. The number of carbonyl (C=O) groups excluding carboxylic acids is 1. The molecular weight excluding hydrogens is 411 g/mol. The fourth-order valence-corrected chi connectivity index (χ4v) is 3.78. The average molecular weight is 431 g/mol. The van der Waals surface area contributed by atoms with Gasteiger partial charge in [-0.05, 0) is 37.3 Å². The van der Waals surface area contributed by atoms with Crippen LogP contribution in [0.2, 0.25) is 10.0 Å². The van der Waals surface area contributed by atoms with Crippen molar-refractivity contribution in [2.24, 2.45) is 0 Å². The van der Waals surface area contributed by atoms with Crippen molar-refractivity contribution in [2.75, 3.05) is 31.1 Å². The van der Waals surface area contributed by atoms with Gasteiger partial charge in [-0.1, -0.05) is 35.3 Å². The van der Waals surface area contributed by atoms with Crippen LogP contribution in [-0.4, -0.2) is 53.1 Å². The van der Waals surface area contributed by atoms with E-state index >= 15 is 0 Å². The van der Waals surface area contributed by atoms with Crippen LogP contribution in [0.4, 0.5) is 5.82 Å². The number of anilines is 1. The Balaban J connectivity index is 1.37. The van der Waals surface area contributed by atoms with Crippen molar-refractivity contribution in [2.45, 2.75) is 13.0 Å². The molecule has 0 N–H and O–H groups in total. The molecule has 0 radical (unpaired) electrons. The lowest BCUT2D eigenvalue weighted by molar-refractivity contribution is -0.138. The van der Waals surface area contributed by atoms with Crippen LogP contribution in [0.3, 0.4) is 0 Å². The van der Waals surface area contributed by atoms with Gasteiger partial charge in [0.15, 0.2) is 6.10 Å². The minimum atomic E-state index is -0.638. The van der Waals surface area contributed by atoms with E-state index in [2.05, 4.69) is 14.9 Å². The third kappa shape index (κ3) is 4.38. The second-order valence-corrected chi connectivity index (χ2v) is 7.71. The fraction of sp³-hybridized carbons (Fsp3) is 0.286. The number of aromatic nitrogens is 2. The molecule has 8 heteroatoms. The first-order chi connectivity index (χ1) is 14.0. The highest BCUT2D eigenvalue weighted by Gasteiger charge is 2.27. The molecule has 1 amide bonds. The van der Waals surface area contributed by atoms with E-state index in [4.69, 9.17) is 27.9 Å². The number of piperazine rings is 1. The minimum absolute atomic E-state index is 0.0692. The smallest absolute Gasteiger partial charge is 0.263 e. The van der Waals surface area contributed by atoms with Crippen LogP contribution in [0.15, 0.2) is 48.7 Å².